The lowest BCUT2D eigenvalue weighted by Crippen LogP contribution is -2.45. The van der Waals surface area contributed by atoms with Crippen molar-refractivity contribution in [2.45, 2.75) is 72.1 Å². The van der Waals surface area contributed by atoms with Crippen molar-refractivity contribution in [1.29, 1.82) is 0 Å². The summed E-state index contributed by atoms with van der Waals surface area (Å²) in [6, 6.07) is -0.597. The second-order valence-corrected chi connectivity index (χ2v) is 11.8. The first-order chi connectivity index (χ1) is 15.8. The van der Waals surface area contributed by atoms with E-state index in [2.05, 4.69) is 22.9 Å². The van der Waals surface area contributed by atoms with Gasteiger partial charge in [0.1, 0.15) is 0 Å². The Hall–Kier alpha value is -1.75. The van der Waals surface area contributed by atoms with Crippen LogP contribution in [-0.4, -0.2) is 78.0 Å². The van der Waals surface area contributed by atoms with Gasteiger partial charge < -0.3 is 20.9 Å². The highest BCUT2D eigenvalue weighted by Gasteiger charge is 2.20. The normalized spacial score (nSPS) is 12.7. The summed E-state index contributed by atoms with van der Waals surface area (Å²) in [4.78, 5) is 60.9. The Morgan fingerprint density at radius 2 is 1.47 bits per heavy atom. The molecule has 0 aromatic carbocycles. The van der Waals surface area contributed by atoms with Crippen LogP contribution in [0.25, 0.3) is 0 Å². The number of amides is 4. The third-order valence-electron chi connectivity index (χ3n) is 4.86. The highest BCUT2D eigenvalue weighted by atomic mass is 33.1. The fourth-order valence-corrected chi connectivity index (χ4v) is 4.97. The lowest BCUT2D eigenvalue weighted by Gasteiger charge is -2.20. The van der Waals surface area contributed by atoms with Gasteiger partial charge in [-0.15, -0.1) is 0 Å². The number of ketones is 1. The Kier molecular flexibility index (Phi) is 16.7. The Morgan fingerprint density at radius 1 is 0.824 bits per heavy atom. The molecule has 196 valence electrons. The molecule has 0 fully saturated rings. The number of hydrogen-bond donors (Lipinski definition) is 3. The molecule has 0 aromatic heterocycles. The van der Waals surface area contributed by atoms with Crippen molar-refractivity contribution in [3.8, 4) is 0 Å². The van der Waals surface area contributed by atoms with Crippen LogP contribution in [0.3, 0.4) is 0 Å². The molecule has 11 heteroatoms. The van der Waals surface area contributed by atoms with E-state index in [9.17, 15) is 24.0 Å². The molecule has 0 radical (unpaired) electrons. The molecule has 4 amide bonds. The predicted octanol–water partition coefficient (Wildman–Crippen LogP) is 2.00. The van der Waals surface area contributed by atoms with Gasteiger partial charge in [-0.2, -0.15) is 0 Å². The average Bonchev–Trinajstić information content (AvgIpc) is 2.76. The molecule has 0 rings (SSSR count). The zero-order chi connectivity index (χ0) is 26.3. The fraction of sp³-hybridized carbons (Fsp3) is 0.783. The van der Waals surface area contributed by atoms with Crippen molar-refractivity contribution in [2.24, 2.45) is 11.8 Å². The largest absolute Gasteiger partial charge is 0.356 e. The molecule has 0 saturated heterocycles. The number of nitrogens with zero attached hydrogens (tertiary/aromatic N) is 1. The minimum absolute atomic E-state index is 0.0133. The molecule has 0 aliphatic carbocycles. The number of carbonyl (C=O) groups is 5. The molecule has 0 aliphatic heterocycles. The summed E-state index contributed by atoms with van der Waals surface area (Å²) in [6.45, 7) is 11.6. The van der Waals surface area contributed by atoms with Crippen LogP contribution in [0.2, 0.25) is 0 Å². The minimum Gasteiger partial charge on any atom is -0.356 e. The maximum Gasteiger partial charge on any atom is 0.240 e. The van der Waals surface area contributed by atoms with Crippen LogP contribution in [-0.2, 0) is 24.0 Å². The third-order valence-corrected chi connectivity index (χ3v) is 7.83. The van der Waals surface area contributed by atoms with Gasteiger partial charge in [0, 0.05) is 55.8 Å². The van der Waals surface area contributed by atoms with Crippen LogP contribution < -0.4 is 16.0 Å². The number of Topliss-reactive ketones (excluding diaryl/α,β-unsaturated/α-hetero) is 1. The number of likely N-dealkylation sites (N-methyl/N-ethyl adjacent to an activating group) is 1. The minimum atomic E-state index is -0.597. The van der Waals surface area contributed by atoms with Crippen molar-refractivity contribution in [3.63, 3.8) is 0 Å². The van der Waals surface area contributed by atoms with Gasteiger partial charge >= 0.3 is 0 Å². The molecule has 34 heavy (non-hydrogen) atoms. The summed E-state index contributed by atoms with van der Waals surface area (Å²) in [6.07, 6.45) is 1.18. The van der Waals surface area contributed by atoms with Gasteiger partial charge in [0.2, 0.25) is 23.6 Å². The molecule has 0 aliphatic rings. The van der Waals surface area contributed by atoms with E-state index < -0.39 is 11.9 Å². The molecule has 0 bridgehead atoms. The van der Waals surface area contributed by atoms with E-state index in [0.29, 0.717) is 19.4 Å². The van der Waals surface area contributed by atoms with Crippen molar-refractivity contribution in [3.05, 3.63) is 0 Å². The van der Waals surface area contributed by atoms with E-state index in [4.69, 9.17) is 0 Å². The Morgan fingerprint density at radius 3 is 2.06 bits per heavy atom. The van der Waals surface area contributed by atoms with E-state index in [0.717, 1.165) is 5.75 Å². The van der Waals surface area contributed by atoms with E-state index in [1.165, 1.54) is 11.9 Å². The van der Waals surface area contributed by atoms with Crippen molar-refractivity contribution in [2.75, 3.05) is 32.4 Å². The first-order valence-corrected chi connectivity index (χ1v) is 14.1. The zero-order valence-electron chi connectivity index (χ0n) is 21.6. The number of carbonyl (C=O) groups excluding carboxylic acids is 5. The van der Waals surface area contributed by atoms with E-state index in [-0.39, 0.29) is 60.1 Å². The molecule has 0 saturated carbocycles. The topological polar surface area (TPSA) is 125 Å². The number of rotatable bonds is 17. The first-order valence-electron chi connectivity index (χ1n) is 11.7. The monoisotopic (exact) mass is 518 g/mol. The summed E-state index contributed by atoms with van der Waals surface area (Å²) in [5, 5.41) is 8.50. The number of hydrogen-bond acceptors (Lipinski definition) is 7. The van der Waals surface area contributed by atoms with Gasteiger partial charge in [0.15, 0.2) is 5.78 Å². The lowest BCUT2D eigenvalue weighted by molar-refractivity contribution is -0.135. The van der Waals surface area contributed by atoms with E-state index >= 15 is 0 Å². The van der Waals surface area contributed by atoms with Gasteiger partial charge in [-0.25, -0.2) is 0 Å². The van der Waals surface area contributed by atoms with Crippen molar-refractivity contribution >= 4 is 51.0 Å². The van der Waals surface area contributed by atoms with Gasteiger partial charge in [-0.1, -0.05) is 56.2 Å². The molecular weight excluding hydrogens is 476 g/mol. The lowest BCUT2D eigenvalue weighted by atomic mass is 10.0. The van der Waals surface area contributed by atoms with E-state index in [1.807, 2.05) is 13.8 Å². The van der Waals surface area contributed by atoms with Crippen LogP contribution >= 0.6 is 21.6 Å². The SMILES string of the molecule is CC(CCC(=O)NCCC(=O)N(C)CC(=O)N[C@@H](C)C(=O)C(C)C)SSCCNC(=O)C(C)C. The zero-order valence-corrected chi connectivity index (χ0v) is 23.2. The highest BCUT2D eigenvalue weighted by Crippen LogP contribution is 2.28. The summed E-state index contributed by atoms with van der Waals surface area (Å²) in [5.74, 6) is -0.169. The second kappa shape index (κ2) is 17.7. The molecule has 2 atom stereocenters. The quantitative estimate of drug-likeness (QED) is 0.199. The predicted molar refractivity (Wildman–Crippen MR) is 139 cm³/mol. The van der Waals surface area contributed by atoms with E-state index in [1.54, 1.807) is 42.4 Å². The fourth-order valence-electron chi connectivity index (χ4n) is 2.72. The molecule has 1 unspecified atom stereocenters. The summed E-state index contributed by atoms with van der Waals surface area (Å²) in [7, 11) is 4.88. The van der Waals surface area contributed by atoms with Gasteiger partial charge in [0.05, 0.1) is 12.6 Å². The molecule has 0 aromatic rings. The highest BCUT2D eigenvalue weighted by molar-refractivity contribution is 8.76. The third kappa shape index (κ3) is 15.2. The van der Waals surface area contributed by atoms with Gasteiger partial charge in [-0.05, 0) is 13.3 Å². The Balaban J connectivity index is 3.98. The standard InChI is InChI=1S/C23H42N4O5S2/c1-15(2)22(31)18(6)26-20(29)14-27(7)21(30)10-11-24-19(28)9-8-17(5)34-33-13-12-25-23(32)16(3)4/h15-18H,8-14H2,1-7H3,(H,24,28)(H,25,32)(H,26,29)/t17?,18-/m0/s1. The molecule has 9 nitrogen and oxygen atoms in total. The Bertz CT molecular complexity index is 688. The van der Waals surface area contributed by atoms with Crippen LogP contribution in [0, 0.1) is 11.8 Å². The van der Waals surface area contributed by atoms with Crippen LogP contribution in [0.5, 0.6) is 0 Å². The maximum atomic E-state index is 12.2. The van der Waals surface area contributed by atoms with Crippen LogP contribution in [0.1, 0.15) is 60.8 Å². The molecule has 3 N–H and O–H groups in total. The van der Waals surface area contributed by atoms with Gasteiger partial charge in [-0.3, -0.25) is 24.0 Å². The summed E-state index contributed by atoms with van der Waals surface area (Å²) >= 11 is 0. The molecule has 0 spiro atoms. The van der Waals surface area contributed by atoms with Crippen molar-refractivity contribution in [1.82, 2.24) is 20.9 Å². The second-order valence-electron chi connectivity index (χ2n) is 8.91. The summed E-state index contributed by atoms with van der Waals surface area (Å²) < 4.78 is 0. The molecule has 0 heterocycles. The van der Waals surface area contributed by atoms with Gasteiger partial charge in [0.25, 0.3) is 0 Å². The summed E-state index contributed by atoms with van der Waals surface area (Å²) in [5.41, 5.74) is 0. The van der Waals surface area contributed by atoms with Crippen LogP contribution in [0.4, 0.5) is 0 Å². The maximum absolute atomic E-state index is 12.2. The molecular formula is C23H42N4O5S2. The van der Waals surface area contributed by atoms with Crippen LogP contribution in [0.15, 0.2) is 0 Å². The smallest absolute Gasteiger partial charge is 0.240 e. The Labute approximate surface area is 212 Å². The van der Waals surface area contributed by atoms with Crippen molar-refractivity contribution < 1.29 is 24.0 Å². The average molecular weight is 519 g/mol. The number of nitrogens with one attached hydrogen (secondary N) is 3. The first kappa shape index (κ1) is 32.2.